The second-order valence-corrected chi connectivity index (χ2v) is 16.1. The Kier molecular flexibility index (Phi) is 8.08. The van der Waals surface area contributed by atoms with Gasteiger partial charge in [-0.25, -0.2) is 9.97 Å². The third kappa shape index (κ3) is 5.72. The van der Waals surface area contributed by atoms with Crippen LogP contribution in [0.5, 0.6) is 0 Å². The van der Waals surface area contributed by atoms with Gasteiger partial charge in [-0.15, -0.1) is 0 Å². The zero-order valence-corrected chi connectivity index (χ0v) is 34.3. The summed E-state index contributed by atoms with van der Waals surface area (Å²) in [4.78, 5) is 27.8. The Bertz CT molecular complexity index is 3710. The van der Waals surface area contributed by atoms with Crippen LogP contribution >= 0.6 is 0 Å². The molecule has 5 heterocycles. The molecule has 0 atom stereocenters. The average molecular weight is 818 g/mol. The predicted molar refractivity (Wildman–Crippen MR) is 260 cm³/mol. The van der Waals surface area contributed by atoms with Gasteiger partial charge in [-0.2, -0.15) is 9.97 Å². The van der Waals surface area contributed by atoms with E-state index in [0.717, 1.165) is 72.2 Å². The van der Waals surface area contributed by atoms with Gasteiger partial charge >= 0.3 is 0 Å². The van der Waals surface area contributed by atoms with Gasteiger partial charge in [0.05, 0.1) is 39.8 Å². The van der Waals surface area contributed by atoms with Gasteiger partial charge in [0.2, 0.25) is 5.95 Å². The summed E-state index contributed by atoms with van der Waals surface area (Å²) in [7, 11) is 0. The highest BCUT2D eigenvalue weighted by Crippen LogP contribution is 2.51. The monoisotopic (exact) mass is 817 g/mol. The number of nitrogens with zero attached hydrogens (tertiary/aromatic N) is 7. The molecule has 298 valence electrons. The van der Waals surface area contributed by atoms with Gasteiger partial charge < -0.3 is 4.57 Å². The molecular weight excluding hydrogens is 783 g/mol. The molecule has 0 fully saturated rings. The van der Waals surface area contributed by atoms with E-state index in [2.05, 4.69) is 143 Å². The normalized spacial score (nSPS) is 12.0. The van der Waals surface area contributed by atoms with Crippen molar-refractivity contribution in [2.45, 2.75) is 0 Å². The highest BCUT2D eigenvalue weighted by Gasteiger charge is 2.31. The largest absolute Gasteiger partial charge is 0.309 e. The van der Waals surface area contributed by atoms with Crippen molar-refractivity contribution in [1.82, 2.24) is 29.5 Å². The third-order valence-electron chi connectivity index (χ3n) is 12.4. The molecule has 0 aliphatic carbocycles. The van der Waals surface area contributed by atoms with E-state index in [4.69, 9.17) is 24.9 Å². The van der Waals surface area contributed by atoms with Gasteiger partial charge in [-0.1, -0.05) is 152 Å². The van der Waals surface area contributed by atoms with Crippen LogP contribution in [0.4, 0.5) is 17.3 Å². The zero-order chi connectivity index (χ0) is 42.1. The Balaban J connectivity index is 0.979. The first-order valence-corrected chi connectivity index (χ1v) is 21.4. The number of rotatable bonds is 6. The van der Waals surface area contributed by atoms with Crippen LogP contribution in [-0.4, -0.2) is 29.5 Å². The number of anilines is 3. The lowest BCUT2D eigenvalue weighted by atomic mass is 9.92. The molecule has 0 spiro atoms. The Morgan fingerprint density at radius 1 is 0.359 bits per heavy atom. The fourth-order valence-electron chi connectivity index (χ4n) is 9.45. The molecule has 8 aromatic carbocycles. The second kappa shape index (κ2) is 14.4. The van der Waals surface area contributed by atoms with E-state index >= 15 is 0 Å². The fourth-order valence-corrected chi connectivity index (χ4v) is 9.45. The molecule has 0 saturated heterocycles. The minimum absolute atomic E-state index is 0.501. The summed E-state index contributed by atoms with van der Waals surface area (Å²) in [5.74, 6) is 1.68. The van der Waals surface area contributed by atoms with Crippen LogP contribution in [0.15, 0.2) is 213 Å². The van der Waals surface area contributed by atoms with Crippen molar-refractivity contribution < 1.29 is 0 Å². The SMILES string of the molecule is c1ccc(-c2ccc3c(c2)c2ccccc2n3-c2ccc(-c3ccc4c(c3)-c3nc5ccccc5c5cncc(c35)N4c3nc(-c4ccccc4)nc(-c4ccccc4)n3)cc2)cc1. The maximum atomic E-state index is 5.39. The van der Waals surface area contributed by atoms with E-state index in [9.17, 15) is 0 Å². The predicted octanol–water partition coefficient (Wildman–Crippen LogP) is 14.2. The molecule has 4 aromatic heterocycles. The van der Waals surface area contributed by atoms with Crippen molar-refractivity contribution in [2.75, 3.05) is 4.90 Å². The number of aromatic nitrogens is 6. The lowest BCUT2D eigenvalue weighted by Crippen LogP contribution is -2.19. The van der Waals surface area contributed by atoms with Crippen LogP contribution in [-0.2, 0) is 0 Å². The van der Waals surface area contributed by atoms with Crippen molar-refractivity contribution in [1.29, 1.82) is 0 Å². The van der Waals surface area contributed by atoms with Crippen LogP contribution < -0.4 is 4.90 Å². The van der Waals surface area contributed by atoms with Gasteiger partial charge in [0.25, 0.3) is 0 Å². The first kappa shape index (κ1) is 35.9. The molecule has 7 heteroatoms. The summed E-state index contributed by atoms with van der Waals surface area (Å²) >= 11 is 0. The van der Waals surface area contributed by atoms with Crippen molar-refractivity contribution in [2.24, 2.45) is 0 Å². The minimum Gasteiger partial charge on any atom is -0.309 e. The van der Waals surface area contributed by atoms with Crippen LogP contribution in [0.25, 0.3) is 105 Å². The smallest absolute Gasteiger partial charge is 0.238 e. The maximum absolute atomic E-state index is 5.39. The van der Waals surface area contributed by atoms with Crippen LogP contribution in [0.1, 0.15) is 0 Å². The summed E-state index contributed by atoms with van der Waals surface area (Å²) in [6.45, 7) is 0. The fraction of sp³-hybridized carbons (Fsp3) is 0. The Hall–Kier alpha value is -8.81. The molecule has 7 nitrogen and oxygen atoms in total. The molecule has 1 aliphatic heterocycles. The summed E-state index contributed by atoms with van der Waals surface area (Å²) in [5.41, 5.74) is 14.4. The molecule has 0 unspecified atom stereocenters. The number of hydrogen-bond donors (Lipinski definition) is 0. The van der Waals surface area contributed by atoms with Gasteiger partial charge in [-0.3, -0.25) is 9.88 Å². The summed E-state index contributed by atoms with van der Waals surface area (Å²) in [6.07, 6.45) is 3.86. The molecule has 0 radical (unpaired) electrons. The van der Waals surface area contributed by atoms with Crippen LogP contribution in [0.2, 0.25) is 0 Å². The van der Waals surface area contributed by atoms with E-state index in [1.54, 1.807) is 0 Å². The lowest BCUT2D eigenvalue weighted by molar-refractivity contribution is 1.02. The number of fused-ring (bicyclic) bond motifs is 7. The van der Waals surface area contributed by atoms with Gasteiger partial charge in [-0.05, 0) is 70.8 Å². The molecule has 0 amide bonds. The average Bonchev–Trinajstić information content (AvgIpc) is 3.71. The Labute approximate surface area is 368 Å². The van der Waals surface area contributed by atoms with Crippen LogP contribution in [0.3, 0.4) is 0 Å². The topological polar surface area (TPSA) is 72.6 Å². The minimum atomic E-state index is 0.501. The molecule has 0 saturated carbocycles. The van der Waals surface area contributed by atoms with E-state index in [-0.39, 0.29) is 0 Å². The molecule has 12 aromatic rings. The quantitative estimate of drug-likeness (QED) is 0.156. The molecule has 64 heavy (non-hydrogen) atoms. The van der Waals surface area contributed by atoms with Crippen molar-refractivity contribution in [3.63, 3.8) is 0 Å². The first-order chi connectivity index (χ1) is 31.7. The number of pyridine rings is 2. The Morgan fingerprint density at radius 3 is 1.67 bits per heavy atom. The maximum Gasteiger partial charge on any atom is 0.238 e. The number of benzene rings is 8. The molecule has 1 aliphatic rings. The van der Waals surface area contributed by atoms with Crippen LogP contribution in [0, 0.1) is 0 Å². The molecular formula is C57H35N7. The highest BCUT2D eigenvalue weighted by atomic mass is 15.3. The van der Waals surface area contributed by atoms with E-state index < -0.39 is 0 Å². The summed E-state index contributed by atoms with van der Waals surface area (Å²) in [6, 6.07) is 70.1. The van der Waals surface area contributed by atoms with Crippen molar-refractivity contribution in [3.05, 3.63) is 213 Å². The summed E-state index contributed by atoms with van der Waals surface area (Å²) in [5, 5.41) is 5.52. The van der Waals surface area contributed by atoms with E-state index in [0.29, 0.717) is 17.6 Å². The standard InChI is InChI=1S/C57H35N7/c1-4-14-36(15-5-1)40-26-30-50-45(32-40)44-21-11-13-23-49(44)63(50)42-28-24-37(25-29-42)41-27-31-51-46(33-41)54-53-47(43-20-10-12-22-48(43)59-54)34-58-35-52(53)64(51)57-61-55(38-16-6-2-7-17-38)60-56(62-57)39-18-8-3-9-19-39/h1-35H. The zero-order valence-electron chi connectivity index (χ0n) is 34.3. The highest BCUT2D eigenvalue weighted by molar-refractivity contribution is 6.19. The van der Waals surface area contributed by atoms with Gasteiger partial charge in [0, 0.05) is 55.5 Å². The second-order valence-electron chi connectivity index (χ2n) is 16.1. The lowest BCUT2D eigenvalue weighted by Gasteiger charge is -2.31. The first-order valence-electron chi connectivity index (χ1n) is 21.4. The number of hydrogen-bond acceptors (Lipinski definition) is 6. The summed E-state index contributed by atoms with van der Waals surface area (Å²) < 4.78 is 2.37. The molecule has 13 rings (SSSR count). The van der Waals surface area contributed by atoms with Crippen molar-refractivity contribution >= 4 is 60.8 Å². The molecule has 0 N–H and O–H groups in total. The third-order valence-corrected chi connectivity index (χ3v) is 12.4. The molecule has 0 bridgehead atoms. The van der Waals surface area contributed by atoms with E-state index in [1.807, 2.05) is 79.1 Å². The van der Waals surface area contributed by atoms with E-state index in [1.165, 1.54) is 32.9 Å². The van der Waals surface area contributed by atoms with Gasteiger partial charge in [0.1, 0.15) is 0 Å². The van der Waals surface area contributed by atoms with Gasteiger partial charge in [0.15, 0.2) is 11.6 Å². The Morgan fingerprint density at radius 2 is 0.938 bits per heavy atom. The number of para-hydroxylation sites is 2. The van der Waals surface area contributed by atoms with Crippen molar-refractivity contribution in [3.8, 4) is 62.0 Å².